The first-order valence-electron chi connectivity index (χ1n) is 6.73. The van der Waals surface area contributed by atoms with E-state index in [1.54, 1.807) is 0 Å². The quantitative estimate of drug-likeness (QED) is 0.775. The summed E-state index contributed by atoms with van der Waals surface area (Å²) in [5.41, 5.74) is 0. The molecule has 1 rings (SSSR count). The molecule has 0 spiro atoms. The van der Waals surface area contributed by atoms with Crippen LogP contribution >= 0.6 is 0 Å². The first kappa shape index (κ1) is 15.6. The van der Waals surface area contributed by atoms with E-state index in [4.69, 9.17) is 9.47 Å². The summed E-state index contributed by atoms with van der Waals surface area (Å²) in [4.78, 5) is 12.6. The number of hydrogen-bond donors (Lipinski definition) is 1. The number of nitrogens with zero attached hydrogens (tertiary/aromatic N) is 3. The van der Waals surface area contributed by atoms with Gasteiger partial charge in [0.25, 0.3) is 0 Å². The highest BCUT2D eigenvalue weighted by atomic mass is 16.5. The first-order chi connectivity index (χ1) is 9.15. The molecule has 2 atom stereocenters. The van der Waals surface area contributed by atoms with Gasteiger partial charge in [-0.3, -0.25) is 0 Å². The first-order valence-corrected chi connectivity index (χ1v) is 6.73. The Morgan fingerprint density at radius 2 is 1.63 bits per heavy atom. The molecule has 19 heavy (non-hydrogen) atoms. The van der Waals surface area contributed by atoms with Crippen LogP contribution in [-0.2, 0) is 0 Å². The van der Waals surface area contributed by atoms with Gasteiger partial charge in [-0.05, 0) is 19.4 Å². The van der Waals surface area contributed by atoms with Gasteiger partial charge in [0.2, 0.25) is 0 Å². The van der Waals surface area contributed by atoms with Crippen LogP contribution in [-0.4, -0.2) is 41.8 Å². The summed E-state index contributed by atoms with van der Waals surface area (Å²) in [7, 11) is 3.08. The highest BCUT2D eigenvalue weighted by Crippen LogP contribution is 2.21. The lowest BCUT2D eigenvalue weighted by atomic mass is 9.98. The van der Waals surface area contributed by atoms with Crippen LogP contribution in [0.25, 0.3) is 0 Å². The van der Waals surface area contributed by atoms with Crippen LogP contribution in [0.4, 0.5) is 0 Å². The van der Waals surface area contributed by atoms with Crippen LogP contribution in [0.2, 0.25) is 0 Å². The van der Waals surface area contributed by atoms with Gasteiger partial charge in [-0.15, -0.1) is 4.98 Å². The maximum absolute atomic E-state index is 5.08. The lowest BCUT2D eigenvalue weighted by Crippen LogP contribution is -2.34. The van der Waals surface area contributed by atoms with Gasteiger partial charge in [0.1, 0.15) is 5.82 Å². The second kappa shape index (κ2) is 7.89. The Labute approximate surface area is 115 Å². The largest absolute Gasteiger partial charge is 0.467 e. The molecule has 0 saturated carbocycles. The fraction of sp³-hybridized carbons (Fsp3) is 0.769. The number of ether oxygens (including phenoxy) is 2. The van der Waals surface area contributed by atoms with E-state index in [-0.39, 0.29) is 5.92 Å². The summed E-state index contributed by atoms with van der Waals surface area (Å²) >= 11 is 0. The van der Waals surface area contributed by atoms with Crippen molar-refractivity contribution in [2.75, 3.05) is 20.8 Å². The molecule has 1 aromatic heterocycles. The zero-order chi connectivity index (χ0) is 14.3. The highest BCUT2D eigenvalue weighted by Gasteiger charge is 2.21. The number of hydrogen-bond acceptors (Lipinski definition) is 6. The number of nitrogens with one attached hydrogen (secondary N) is 1. The van der Waals surface area contributed by atoms with Gasteiger partial charge < -0.3 is 14.8 Å². The third kappa shape index (κ3) is 4.31. The molecule has 1 heterocycles. The van der Waals surface area contributed by atoms with Crippen molar-refractivity contribution in [3.8, 4) is 12.0 Å². The molecule has 6 nitrogen and oxygen atoms in total. The van der Waals surface area contributed by atoms with Gasteiger partial charge in [-0.25, -0.2) is 0 Å². The topological polar surface area (TPSA) is 69.2 Å². The summed E-state index contributed by atoms with van der Waals surface area (Å²) in [5.74, 6) is 0.863. The SMILES string of the molecule is CCCNC(CC)C(C)c1nc(OC)nc(OC)n1. The molecule has 0 aliphatic carbocycles. The van der Waals surface area contributed by atoms with E-state index in [0.717, 1.165) is 19.4 Å². The van der Waals surface area contributed by atoms with Crippen molar-refractivity contribution in [3.63, 3.8) is 0 Å². The molecule has 0 saturated heterocycles. The van der Waals surface area contributed by atoms with Crippen LogP contribution in [0, 0.1) is 0 Å². The van der Waals surface area contributed by atoms with Crippen LogP contribution < -0.4 is 14.8 Å². The number of methoxy groups -OCH3 is 2. The molecule has 108 valence electrons. The van der Waals surface area contributed by atoms with Gasteiger partial charge >= 0.3 is 12.0 Å². The highest BCUT2D eigenvalue weighted by molar-refractivity contribution is 5.10. The Balaban J connectivity index is 2.92. The summed E-state index contributed by atoms with van der Waals surface area (Å²) in [5, 5.41) is 3.51. The monoisotopic (exact) mass is 268 g/mol. The Kier molecular flexibility index (Phi) is 6.49. The van der Waals surface area contributed by atoms with E-state index in [1.807, 2.05) is 0 Å². The van der Waals surface area contributed by atoms with E-state index in [2.05, 4.69) is 41.0 Å². The average molecular weight is 268 g/mol. The van der Waals surface area contributed by atoms with Crippen molar-refractivity contribution >= 4 is 0 Å². The molecule has 1 aromatic rings. The molecular weight excluding hydrogens is 244 g/mol. The lowest BCUT2D eigenvalue weighted by molar-refractivity contribution is 0.329. The molecule has 0 radical (unpaired) electrons. The van der Waals surface area contributed by atoms with Crippen LogP contribution in [0.15, 0.2) is 0 Å². The van der Waals surface area contributed by atoms with Crippen molar-refractivity contribution < 1.29 is 9.47 Å². The van der Waals surface area contributed by atoms with Crippen LogP contribution in [0.1, 0.15) is 45.4 Å². The number of rotatable bonds is 8. The van der Waals surface area contributed by atoms with Gasteiger partial charge in [0, 0.05) is 12.0 Å². The molecule has 0 aromatic carbocycles. The molecule has 6 heteroatoms. The molecular formula is C13H24N4O2. The minimum absolute atomic E-state index is 0.169. The minimum atomic E-state index is 0.169. The summed E-state index contributed by atoms with van der Waals surface area (Å²) in [6.45, 7) is 7.39. The van der Waals surface area contributed by atoms with Crippen LogP contribution in [0.3, 0.4) is 0 Å². The van der Waals surface area contributed by atoms with Crippen molar-refractivity contribution in [2.45, 2.75) is 45.6 Å². The zero-order valence-electron chi connectivity index (χ0n) is 12.4. The fourth-order valence-electron chi connectivity index (χ4n) is 1.92. The van der Waals surface area contributed by atoms with Gasteiger partial charge in [-0.2, -0.15) is 9.97 Å². The van der Waals surface area contributed by atoms with E-state index in [9.17, 15) is 0 Å². The van der Waals surface area contributed by atoms with E-state index in [0.29, 0.717) is 23.9 Å². The summed E-state index contributed by atoms with van der Waals surface area (Å²) < 4.78 is 10.2. The Bertz CT molecular complexity index is 365. The third-order valence-corrected chi connectivity index (χ3v) is 3.08. The maximum Gasteiger partial charge on any atom is 0.322 e. The van der Waals surface area contributed by atoms with Crippen molar-refractivity contribution in [1.82, 2.24) is 20.3 Å². The van der Waals surface area contributed by atoms with E-state index in [1.165, 1.54) is 14.2 Å². The summed E-state index contributed by atoms with van der Waals surface area (Å²) in [6, 6.07) is 0.912. The number of aromatic nitrogens is 3. The molecule has 0 amide bonds. The second-order valence-corrected chi connectivity index (χ2v) is 4.42. The molecule has 2 unspecified atom stereocenters. The average Bonchev–Trinajstić information content (AvgIpc) is 2.47. The molecule has 0 aliphatic heterocycles. The Hall–Kier alpha value is -1.43. The normalized spacial score (nSPS) is 13.9. The Morgan fingerprint density at radius 1 is 1.05 bits per heavy atom. The minimum Gasteiger partial charge on any atom is -0.467 e. The van der Waals surface area contributed by atoms with Crippen LogP contribution in [0.5, 0.6) is 12.0 Å². The smallest absolute Gasteiger partial charge is 0.322 e. The molecule has 0 aliphatic rings. The fourth-order valence-corrected chi connectivity index (χ4v) is 1.92. The third-order valence-electron chi connectivity index (χ3n) is 3.08. The van der Waals surface area contributed by atoms with E-state index < -0.39 is 0 Å². The molecule has 0 fully saturated rings. The van der Waals surface area contributed by atoms with Gasteiger partial charge in [-0.1, -0.05) is 20.8 Å². The molecule has 1 N–H and O–H groups in total. The van der Waals surface area contributed by atoms with E-state index >= 15 is 0 Å². The second-order valence-electron chi connectivity index (χ2n) is 4.42. The van der Waals surface area contributed by atoms with Crippen molar-refractivity contribution in [2.24, 2.45) is 0 Å². The van der Waals surface area contributed by atoms with Gasteiger partial charge in [0.05, 0.1) is 14.2 Å². The Morgan fingerprint density at radius 3 is 2.05 bits per heavy atom. The van der Waals surface area contributed by atoms with Crippen molar-refractivity contribution in [1.29, 1.82) is 0 Å². The standard InChI is InChI=1S/C13H24N4O2/c1-6-8-14-10(7-2)9(3)11-15-12(18-4)17-13(16-11)19-5/h9-10,14H,6-8H2,1-5H3. The predicted octanol–water partition coefficient (Wildman–Crippen LogP) is 1.77. The maximum atomic E-state index is 5.08. The summed E-state index contributed by atoms with van der Waals surface area (Å²) in [6.07, 6.45) is 2.12. The lowest BCUT2D eigenvalue weighted by Gasteiger charge is -2.23. The zero-order valence-corrected chi connectivity index (χ0v) is 12.4. The predicted molar refractivity (Wildman–Crippen MR) is 73.7 cm³/mol. The molecule has 0 bridgehead atoms. The van der Waals surface area contributed by atoms with Gasteiger partial charge in [0.15, 0.2) is 0 Å². The van der Waals surface area contributed by atoms with Crippen molar-refractivity contribution in [3.05, 3.63) is 5.82 Å².